The van der Waals surface area contributed by atoms with Crippen LogP contribution in [0.4, 0.5) is 17.2 Å². The molecule has 0 radical (unpaired) electrons. The van der Waals surface area contributed by atoms with Crippen LogP contribution in [-0.2, 0) is 10.0 Å². The standard InChI is InChI=1S/C12H12N4O4S/c1-8-3-2-4-12(14-8)15-21(19,20)9-5-6-10(13)11(7-9)16(17)18/h2-7H,13H2,1H3,(H,14,15). The molecule has 0 aliphatic heterocycles. The number of nitrogen functional groups attached to an aromatic ring is 1. The van der Waals surface area contributed by atoms with Gasteiger partial charge in [-0.15, -0.1) is 0 Å². The predicted molar refractivity (Wildman–Crippen MR) is 77.3 cm³/mol. The second-order valence-corrected chi connectivity index (χ2v) is 5.93. The van der Waals surface area contributed by atoms with Gasteiger partial charge in [-0.05, 0) is 31.2 Å². The van der Waals surface area contributed by atoms with Crippen molar-refractivity contribution in [3.05, 3.63) is 52.2 Å². The lowest BCUT2D eigenvalue weighted by atomic mass is 10.3. The maximum Gasteiger partial charge on any atom is 0.293 e. The van der Waals surface area contributed by atoms with Crippen LogP contribution in [0.2, 0.25) is 0 Å². The van der Waals surface area contributed by atoms with E-state index in [1.54, 1.807) is 19.1 Å². The van der Waals surface area contributed by atoms with Gasteiger partial charge in [-0.3, -0.25) is 14.8 Å². The summed E-state index contributed by atoms with van der Waals surface area (Å²) in [5.74, 6) is 0.134. The van der Waals surface area contributed by atoms with Gasteiger partial charge in [-0.2, -0.15) is 0 Å². The van der Waals surface area contributed by atoms with Gasteiger partial charge in [0.05, 0.1) is 9.82 Å². The molecule has 2 rings (SSSR count). The highest BCUT2D eigenvalue weighted by Gasteiger charge is 2.20. The number of nitrogens with zero attached hydrogens (tertiary/aromatic N) is 2. The van der Waals surface area contributed by atoms with E-state index in [1.165, 1.54) is 18.2 Å². The number of hydrogen-bond donors (Lipinski definition) is 2. The van der Waals surface area contributed by atoms with Crippen molar-refractivity contribution in [2.75, 3.05) is 10.5 Å². The second-order valence-electron chi connectivity index (χ2n) is 4.25. The molecular formula is C12H12N4O4S. The van der Waals surface area contributed by atoms with Crippen LogP contribution in [0, 0.1) is 17.0 Å². The van der Waals surface area contributed by atoms with Gasteiger partial charge in [0.2, 0.25) is 0 Å². The Morgan fingerprint density at radius 3 is 2.62 bits per heavy atom. The molecule has 0 fully saturated rings. The van der Waals surface area contributed by atoms with Crippen molar-refractivity contribution in [3.8, 4) is 0 Å². The molecule has 0 amide bonds. The molecule has 1 aromatic heterocycles. The van der Waals surface area contributed by atoms with Crippen LogP contribution < -0.4 is 10.5 Å². The first-order valence-corrected chi connectivity index (χ1v) is 7.28. The number of pyridine rings is 1. The molecular weight excluding hydrogens is 296 g/mol. The summed E-state index contributed by atoms with van der Waals surface area (Å²) >= 11 is 0. The highest BCUT2D eigenvalue weighted by molar-refractivity contribution is 7.92. The van der Waals surface area contributed by atoms with Crippen molar-refractivity contribution in [1.29, 1.82) is 0 Å². The molecule has 0 unspecified atom stereocenters. The third kappa shape index (κ3) is 3.26. The lowest BCUT2D eigenvalue weighted by Crippen LogP contribution is -2.14. The molecule has 110 valence electrons. The second kappa shape index (κ2) is 5.37. The van der Waals surface area contributed by atoms with Crippen molar-refractivity contribution in [2.24, 2.45) is 0 Å². The monoisotopic (exact) mass is 308 g/mol. The molecule has 0 aliphatic carbocycles. The van der Waals surface area contributed by atoms with Crippen LogP contribution in [0.3, 0.4) is 0 Å². The van der Waals surface area contributed by atoms with Crippen molar-refractivity contribution in [2.45, 2.75) is 11.8 Å². The number of aryl methyl sites for hydroxylation is 1. The quantitative estimate of drug-likeness (QED) is 0.502. The lowest BCUT2D eigenvalue weighted by Gasteiger charge is -2.08. The Morgan fingerprint density at radius 2 is 2.00 bits per heavy atom. The molecule has 0 spiro atoms. The first-order chi connectivity index (χ1) is 9.79. The van der Waals surface area contributed by atoms with E-state index >= 15 is 0 Å². The van der Waals surface area contributed by atoms with Gasteiger partial charge in [0.25, 0.3) is 15.7 Å². The zero-order chi connectivity index (χ0) is 15.6. The number of aromatic nitrogens is 1. The van der Waals surface area contributed by atoms with Crippen LogP contribution >= 0.6 is 0 Å². The zero-order valence-corrected chi connectivity index (χ0v) is 11.8. The molecule has 1 aromatic carbocycles. The van der Waals surface area contributed by atoms with Crippen molar-refractivity contribution in [3.63, 3.8) is 0 Å². The smallest absolute Gasteiger partial charge is 0.293 e. The molecule has 21 heavy (non-hydrogen) atoms. The average Bonchev–Trinajstić information content (AvgIpc) is 2.38. The first kappa shape index (κ1) is 14.7. The third-order valence-electron chi connectivity index (χ3n) is 2.64. The molecule has 0 saturated heterocycles. The fraction of sp³-hybridized carbons (Fsp3) is 0.0833. The van der Waals surface area contributed by atoms with Gasteiger partial charge in [0, 0.05) is 11.8 Å². The summed E-state index contributed by atoms with van der Waals surface area (Å²) in [5.41, 5.74) is 5.51. The van der Waals surface area contributed by atoms with Crippen LogP contribution in [0.1, 0.15) is 5.69 Å². The molecule has 1 heterocycles. The van der Waals surface area contributed by atoms with Crippen LogP contribution in [0.15, 0.2) is 41.3 Å². The summed E-state index contributed by atoms with van der Waals surface area (Å²) in [6, 6.07) is 8.12. The molecule has 0 bridgehead atoms. The number of nitro benzene ring substituents is 1. The van der Waals surface area contributed by atoms with Crippen molar-refractivity contribution in [1.82, 2.24) is 4.98 Å². The molecule has 9 heteroatoms. The predicted octanol–water partition coefficient (Wildman–Crippen LogP) is 1.68. The van der Waals surface area contributed by atoms with Crippen LogP contribution in [-0.4, -0.2) is 18.3 Å². The zero-order valence-electron chi connectivity index (χ0n) is 11.0. The van der Waals surface area contributed by atoms with E-state index in [9.17, 15) is 18.5 Å². The Bertz CT molecular complexity index is 805. The summed E-state index contributed by atoms with van der Waals surface area (Å²) in [6.45, 7) is 1.71. The summed E-state index contributed by atoms with van der Waals surface area (Å²) in [4.78, 5) is 13.8. The van der Waals surface area contributed by atoms with Crippen molar-refractivity contribution >= 4 is 27.2 Å². The Labute approximate surface area is 120 Å². The molecule has 0 atom stereocenters. The third-order valence-corrected chi connectivity index (χ3v) is 3.99. The summed E-state index contributed by atoms with van der Waals surface area (Å²) in [7, 11) is -3.98. The van der Waals surface area contributed by atoms with Gasteiger partial charge in [-0.25, -0.2) is 13.4 Å². The summed E-state index contributed by atoms with van der Waals surface area (Å²) < 4.78 is 26.6. The molecule has 0 saturated carbocycles. The number of sulfonamides is 1. The molecule has 0 aliphatic rings. The van der Waals surface area contributed by atoms with Gasteiger partial charge in [0.1, 0.15) is 11.5 Å². The SMILES string of the molecule is Cc1cccc(NS(=O)(=O)c2ccc(N)c([N+](=O)[O-])c2)n1. The fourth-order valence-electron chi connectivity index (χ4n) is 1.65. The van der Waals surface area contributed by atoms with Gasteiger partial charge >= 0.3 is 0 Å². The van der Waals surface area contributed by atoms with E-state index < -0.39 is 20.6 Å². The van der Waals surface area contributed by atoms with E-state index in [0.29, 0.717) is 5.69 Å². The summed E-state index contributed by atoms with van der Waals surface area (Å²) in [6.07, 6.45) is 0. The van der Waals surface area contributed by atoms with E-state index in [-0.39, 0.29) is 16.4 Å². The maximum absolute atomic E-state index is 12.2. The Kier molecular flexibility index (Phi) is 3.76. The van der Waals surface area contributed by atoms with Gasteiger partial charge < -0.3 is 5.73 Å². The molecule has 8 nitrogen and oxygen atoms in total. The van der Waals surface area contributed by atoms with Crippen LogP contribution in [0.25, 0.3) is 0 Å². The number of nitro groups is 1. The van der Waals surface area contributed by atoms with E-state index in [0.717, 1.165) is 6.07 Å². The lowest BCUT2D eigenvalue weighted by molar-refractivity contribution is -0.384. The largest absolute Gasteiger partial charge is 0.393 e. The van der Waals surface area contributed by atoms with Crippen molar-refractivity contribution < 1.29 is 13.3 Å². The average molecular weight is 308 g/mol. The fourth-order valence-corrected chi connectivity index (χ4v) is 2.67. The normalized spacial score (nSPS) is 11.1. The number of hydrogen-bond acceptors (Lipinski definition) is 6. The number of nitrogens with one attached hydrogen (secondary N) is 1. The minimum atomic E-state index is -3.98. The number of rotatable bonds is 4. The highest BCUT2D eigenvalue weighted by atomic mass is 32.2. The topological polar surface area (TPSA) is 128 Å². The maximum atomic E-state index is 12.2. The Hall–Kier alpha value is -2.68. The minimum absolute atomic E-state index is 0.104. The Balaban J connectivity index is 2.40. The van der Waals surface area contributed by atoms with Gasteiger partial charge in [0.15, 0.2) is 0 Å². The van der Waals surface area contributed by atoms with E-state index in [4.69, 9.17) is 5.73 Å². The van der Waals surface area contributed by atoms with E-state index in [2.05, 4.69) is 9.71 Å². The first-order valence-electron chi connectivity index (χ1n) is 5.80. The van der Waals surface area contributed by atoms with Gasteiger partial charge in [-0.1, -0.05) is 6.07 Å². The van der Waals surface area contributed by atoms with Crippen LogP contribution in [0.5, 0.6) is 0 Å². The van der Waals surface area contributed by atoms with E-state index in [1.807, 2.05) is 0 Å². The number of anilines is 2. The number of nitrogens with two attached hydrogens (primary N) is 1. The number of benzene rings is 1. The molecule has 3 N–H and O–H groups in total. The highest BCUT2D eigenvalue weighted by Crippen LogP contribution is 2.25. The minimum Gasteiger partial charge on any atom is -0.393 e. The molecule has 2 aromatic rings. The summed E-state index contributed by atoms with van der Waals surface area (Å²) in [5, 5.41) is 10.8. The Morgan fingerprint density at radius 1 is 1.29 bits per heavy atom.